The van der Waals surface area contributed by atoms with Gasteiger partial charge in [0.2, 0.25) is 5.91 Å². The van der Waals surface area contributed by atoms with Gasteiger partial charge in [-0.25, -0.2) is 0 Å². The van der Waals surface area contributed by atoms with E-state index in [0.29, 0.717) is 27.0 Å². The lowest BCUT2D eigenvalue weighted by Crippen LogP contribution is -2.31. The zero-order valence-corrected chi connectivity index (χ0v) is 17.0. The van der Waals surface area contributed by atoms with Gasteiger partial charge in [-0.2, -0.15) is 0 Å². The summed E-state index contributed by atoms with van der Waals surface area (Å²) in [4.78, 5) is 26.9. The molecule has 1 saturated heterocycles. The second kappa shape index (κ2) is 9.80. The molecule has 3 rings (SSSR count). The van der Waals surface area contributed by atoms with Crippen molar-refractivity contribution in [2.75, 3.05) is 30.3 Å². The Kier molecular flexibility index (Phi) is 7.18. The molecule has 0 aliphatic carbocycles. The highest BCUT2D eigenvalue weighted by molar-refractivity contribution is 6.35. The number of hydrogen-bond donors (Lipinski definition) is 2. The summed E-state index contributed by atoms with van der Waals surface area (Å²) in [7, 11) is 0. The minimum absolute atomic E-state index is 0.0423. The number of carbonyl (C=O) groups excluding carboxylic acids is 2. The Morgan fingerprint density at radius 3 is 2.46 bits per heavy atom. The molecule has 0 saturated carbocycles. The fourth-order valence-electron chi connectivity index (χ4n) is 3.19. The Hall–Kier alpha value is -2.24. The summed E-state index contributed by atoms with van der Waals surface area (Å²) in [5.74, 6) is -0.214. The highest BCUT2D eigenvalue weighted by Crippen LogP contribution is 2.25. The molecule has 5 nitrogen and oxygen atoms in total. The molecule has 1 aliphatic rings. The molecule has 7 heteroatoms. The van der Waals surface area contributed by atoms with Crippen molar-refractivity contribution in [3.63, 3.8) is 0 Å². The van der Waals surface area contributed by atoms with Crippen LogP contribution in [0.25, 0.3) is 0 Å². The van der Waals surface area contributed by atoms with Crippen molar-refractivity contribution in [1.82, 2.24) is 4.90 Å². The Morgan fingerprint density at radius 2 is 1.71 bits per heavy atom. The fourth-order valence-corrected chi connectivity index (χ4v) is 3.53. The second-order valence-electron chi connectivity index (χ2n) is 6.81. The van der Waals surface area contributed by atoms with Gasteiger partial charge in [-0.3, -0.25) is 9.59 Å². The normalized spacial score (nSPS) is 14.3. The van der Waals surface area contributed by atoms with E-state index in [4.69, 9.17) is 23.2 Å². The fraction of sp³-hybridized carbons (Fsp3) is 0.333. The Morgan fingerprint density at radius 1 is 0.964 bits per heavy atom. The van der Waals surface area contributed by atoms with Crippen LogP contribution in [0.4, 0.5) is 11.4 Å². The van der Waals surface area contributed by atoms with Crippen molar-refractivity contribution in [2.24, 2.45) is 0 Å². The maximum atomic E-state index is 12.7. The highest BCUT2D eigenvalue weighted by atomic mass is 35.5. The predicted molar refractivity (Wildman–Crippen MR) is 114 cm³/mol. The summed E-state index contributed by atoms with van der Waals surface area (Å²) in [6.45, 7) is 1.66. The van der Waals surface area contributed by atoms with Gasteiger partial charge in [-0.05, 0) is 49.2 Å². The van der Waals surface area contributed by atoms with Gasteiger partial charge in [0, 0.05) is 29.4 Å². The van der Waals surface area contributed by atoms with Crippen LogP contribution >= 0.6 is 23.2 Å². The lowest BCUT2D eigenvalue weighted by Gasteiger charge is -2.20. The van der Waals surface area contributed by atoms with E-state index in [0.717, 1.165) is 25.9 Å². The molecule has 0 bridgehead atoms. The number of carbonyl (C=O) groups is 2. The molecular formula is C21H23Cl2N3O2. The van der Waals surface area contributed by atoms with E-state index >= 15 is 0 Å². The van der Waals surface area contributed by atoms with Gasteiger partial charge in [-0.1, -0.05) is 42.1 Å². The molecule has 0 radical (unpaired) electrons. The average Bonchev–Trinajstić information content (AvgIpc) is 2.98. The smallest absolute Gasteiger partial charge is 0.253 e. The first kappa shape index (κ1) is 20.5. The van der Waals surface area contributed by atoms with Crippen molar-refractivity contribution in [1.29, 1.82) is 0 Å². The Labute approximate surface area is 175 Å². The molecule has 1 aliphatic heterocycles. The van der Waals surface area contributed by atoms with Crippen LogP contribution in [0.15, 0.2) is 42.5 Å². The number of hydrogen-bond acceptors (Lipinski definition) is 3. The molecule has 2 aromatic carbocycles. The van der Waals surface area contributed by atoms with Crippen LogP contribution in [0.2, 0.25) is 10.0 Å². The van der Waals surface area contributed by atoms with Crippen LogP contribution in [0, 0.1) is 0 Å². The summed E-state index contributed by atoms with van der Waals surface area (Å²) < 4.78 is 0. The van der Waals surface area contributed by atoms with E-state index < -0.39 is 0 Å². The summed E-state index contributed by atoms with van der Waals surface area (Å²) in [6, 6.07) is 12.1. The van der Waals surface area contributed by atoms with E-state index in [1.54, 1.807) is 24.3 Å². The zero-order chi connectivity index (χ0) is 19.9. The monoisotopic (exact) mass is 419 g/mol. The minimum Gasteiger partial charge on any atom is -0.376 e. The number of likely N-dealkylation sites (tertiary alicyclic amines) is 1. The van der Waals surface area contributed by atoms with Crippen molar-refractivity contribution in [3.05, 3.63) is 58.1 Å². The lowest BCUT2D eigenvalue weighted by molar-refractivity contribution is -0.114. The van der Waals surface area contributed by atoms with E-state index in [1.165, 1.54) is 12.8 Å². The molecule has 1 heterocycles. The quantitative estimate of drug-likeness (QED) is 0.711. The number of nitrogens with zero attached hydrogens (tertiary/aromatic N) is 1. The van der Waals surface area contributed by atoms with Crippen LogP contribution < -0.4 is 10.6 Å². The van der Waals surface area contributed by atoms with E-state index in [9.17, 15) is 9.59 Å². The SMILES string of the molecule is O=C(CNc1cccc(C(=O)N2CCCCCC2)c1)Nc1cc(Cl)ccc1Cl. The first-order valence-corrected chi connectivity index (χ1v) is 10.2. The zero-order valence-electron chi connectivity index (χ0n) is 15.5. The van der Waals surface area contributed by atoms with Crippen molar-refractivity contribution < 1.29 is 9.59 Å². The summed E-state index contributed by atoms with van der Waals surface area (Å²) >= 11 is 12.0. The molecule has 0 atom stereocenters. The summed E-state index contributed by atoms with van der Waals surface area (Å²) in [5, 5.41) is 6.69. The van der Waals surface area contributed by atoms with Gasteiger partial charge in [0.05, 0.1) is 17.3 Å². The van der Waals surface area contributed by atoms with Gasteiger partial charge in [0.1, 0.15) is 0 Å². The first-order chi connectivity index (χ1) is 13.5. The summed E-state index contributed by atoms with van der Waals surface area (Å²) in [6.07, 6.45) is 4.46. The van der Waals surface area contributed by atoms with Gasteiger partial charge in [-0.15, -0.1) is 0 Å². The van der Waals surface area contributed by atoms with E-state index in [-0.39, 0.29) is 18.4 Å². The molecule has 2 N–H and O–H groups in total. The molecule has 148 valence electrons. The number of nitrogens with one attached hydrogen (secondary N) is 2. The Balaban J connectivity index is 1.59. The number of halogens is 2. The van der Waals surface area contributed by atoms with Gasteiger partial charge >= 0.3 is 0 Å². The molecule has 2 aromatic rings. The van der Waals surface area contributed by atoms with Crippen LogP contribution in [0.5, 0.6) is 0 Å². The maximum Gasteiger partial charge on any atom is 0.253 e. The van der Waals surface area contributed by atoms with Gasteiger partial charge in [0.25, 0.3) is 5.91 Å². The van der Waals surface area contributed by atoms with Crippen LogP contribution in [-0.4, -0.2) is 36.3 Å². The van der Waals surface area contributed by atoms with Crippen molar-refractivity contribution in [3.8, 4) is 0 Å². The Bertz CT molecular complexity index is 849. The topological polar surface area (TPSA) is 61.4 Å². The van der Waals surface area contributed by atoms with Crippen LogP contribution in [-0.2, 0) is 4.79 Å². The van der Waals surface area contributed by atoms with E-state index in [2.05, 4.69) is 10.6 Å². The molecule has 0 spiro atoms. The number of rotatable bonds is 5. The van der Waals surface area contributed by atoms with Crippen molar-refractivity contribution in [2.45, 2.75) is 25.7 Å². The molecule has 0 unspecified atom stereocenters. The lowest BCUT2D eigenvalue weighted by atomic mass is 10.1. The third-order valence-corrected chi connectivity index (χ3v) is 5.22. The average molecular weight is 420 g/mol. The number of amides is 2. The highest BCUT2D eigenvalue weighted by Gasteiger charge is 2.17. The third kappa shape index (κ3) is 5.63. The minimum atomic E-state index is -0.256. The largest absolute Gasteiger partial charge is 0.376 e. The molecule has 28 heavy (non-hydrogen) atoms. The number of benzene rings is 2. The van der Waals surface area contributed by atoms with E-state index in [1.807, 2.05) is 23.1 Å². The van der Waals surface area contributed by atoms with Gasteiger partial charge in [0.15, 0.2) is 0 Å². The molecule has 2 amide bonds. The van der Waals surface area contributed by atoms with Crippen molar-refractivity contribution >= 4 is 46.4 Å². The third-order valence-electron chi connectivity index (χ3n) is 4.66. The maximum absolute atomic E-state index is 12.7. The standard InChI is InChI=1S/C21H23Cl2N3O2/c22-16-8-9-18(23)19(13-16)25-20(27)14-24-17-7-5-6-15(12-17)21(28)26-10-3-1-2-4-11-26/h5-9,12-13,24H,1-4,10-11,14H2,(H,25,27). The number of anilines is 2. The molecule has 1 fully saturated rings. The summed E-state index contributed by atoms with van der Waals surface area (Å²) in [5.41, 5.74) is 1.81. The van der Waals surface area contributed by atoms with Crippen LogP contribution in [0.3, 0.4) is 0 Å². The van der Waals surface area contributed by atoms with Gasteiger partial charge < -0.3 is 15.5 Å². The van der Waals surface area contributed by atoms with Crippen LogP contribution in [0.1, 0.15) is 36.0 Å². The predicted octanol–water partition coefficient (Wildman–Crippen LogP) is 5.06. The second-order valence-corrected chi connectivity index (χ2v) is 7.66. The first-order valence-electron chi connectivity index (χ1n) is 9.41. The molecular weight excluding hydrogens is 397 g/mol. The molecule has 0 aromatic heterocycles.